The number of rotatable bonds is 5. The number of guanidine groups is 1. The van der Waals surface area contributed by atoms with Crippen LogP contribution in [0.5, 0.6) is 0 Å². The zero-order valence-corrected chi connectivity index (χ0v) is 17.3. The maximum atomic E-state index is 4.61. The molecule has 1 aliphatic carbocycles. The Morgan fingerprint density at radius 3 is 2.59 bits per heavy atom. The quantitative estimate of drug-likeness (QED) is 0.456. The molecule has 3 heterocycles. The summed E-state index contributed by atoms with van der Waals surface area (Å²) in [4.78, 5) is 12.5. The van der Waals surface area contributed by atoms with Gasteiger partial charge in [0.25, 0.3) is 0 Å². The first-order chi connectivity index (χ1) is 13.3. The van der Waals surface area contributed by atoms with Crippen LogP contribution in [0.15, 0.2) is 17.1 Å². The Hall–Kier alpha value is -1.07. The largest absolute Gasteiger partial charge is 0.355 e. The number of likely N-dealkylation sites (tertiary alicyclic amines) is 2. The predicted octanol–water partition coefficient (Wildman–Crippen LogP) is 2.55. The SMILES string of the molecule is CN=C(NCC1CCCN1CC1CCCCC1)N1CCC(N2CC=CC2)C1. The van der Waals surface area contributed by atoms with Gasteiger partial charge in [-0.25, -0.2) is 0 Å². The topological polar surface area (TPSA) is 34.1 Å². The maximum absolute atomic E-state index is 4.61. The molecule has 0 bridgehead atoms. The average molecular weight is 374 g/mol. The molecule has 5 nitrogen and oxygen atoms in total. The van der Waals surface area contributed by atoms with Gasteiger partial charge in [0.15, 0.2) is 5.96 Å². The summed E-state index contributed by atoms with van der Waals surface area (Å²) in [5, 5.41) is 3.73. The fourth-order valence-electron chi connectivity index (χ4n) is 5.63. The molecule has 3 fully saturated rings. The fraction of sp³-hybridized carbons (Fsp3) is 0.864. The van der Waals surface area contributed by atoms with Crippen LogP contribution in [0.2, 0.25) is 0 Å². The minimum atomic E-state index is 0.688. The van der Waals surface area contributed by atoms with Crippen molar-refractivity contribution in [2.45, 2.75) is 63.5 Å². The van der Waals surface area contributed by atoms with Crippen molar-refractivity contribution in [3.63, 3.8) is 0 Å². The maximum Gasteiger partial charge on any atom is 0.193 e. The van der Waals surface area contributed by atoms with Gasteiger partial charge in [0.2, 0.25) is 0 Å². The molecule has 4 aliphatic rings. The minimum absolute atomic E-state index is 0.688. The van der Waals surface area contributed by atoms with Crippen LogP contribution in [-0.4, -0.2) is 85.6 Å². The molecule has 27 heavy (non-hydrogen) atoms. The van der Waals surface area contributed by atoms with E-state index in [0.29, 0.717) is 12.1 Å². The van der Waals surface area contributed by atoms with Crippen molar-refractivity contribution in [3.8, 4) is 0 Å². The van der Waals surface area contributed by atoms with Crippen molar-refractivity contribution in [1.82, 2.24) is 20.0 Å². The highest BCUT2D eigenvalue weighted by molar-refractivity contribution is 5.80. The van der Waals surface area contributed by atoms with Gasteiger partial charge in [0.1, 0.15) is 0 Å². The van der Waals surface area contributed by atoms with Gasteiger partial charge in [0.05, 0.1) is 0 Å². The Bertz CT molecular complexity index is 517. The zero-order chi connectivity index (χ0) is 18.5. The lowest BCUT2D eigenvalue weighted by Gasteiger charge is -2.32. The average Bonchev–Trinajstić information content (AvgIpc) is 3.45. The van der Waals surface area contributed by atoms with Gasteiger partial charge in [-0.1, -0.05) is 31.4 Å². The lowest BCUT2D eigenvalue weighted by Crippen LogP contribution is -2.47. The molecular formula is C22H39N5. The van der Waals surface area contributed by atoms with Crippen LogP contribution in [0, 0.1) is 5.92 Å². The van der Waals surface area contributed by atoms with E-state index in [1.165, 1.54) is 64.5 Å². The summed E-state index contributed by atoms with van der Waals surface area (Å²) in [6, 6.07) is 1.39. The van der Waals surface area contributed by atoms with Crippen LogP contribution in [0.4, 0.5) is 0 Å². The first-order valence-corrected chi connectivity index (χ1v) is 11.4. The lowest BCUT2D eigenvalue weighted by molar-refractivity contribution is 0.187. The molecule has 2 atom stereocenters. The molecule has 1 saturated carbocycles. The van der Waals surface area contributed by atoms with Crippen LogP contribution >= 0.6 is 0 Å². The van der Waals surface area contributed by atoms with Gasteiger partial charge >= 0.3 is 0 Å². The monoisotopic (exact) mass is 373 g/mol. The number of aliphatic imine (C=N–C) groups is 1. The van der Waals surface area contributed by atoms with E-state index in [1.807, 2.05) is 7.05 Å². The fourth-order valence-corrected chi connectivity index (χ4v) is 5.63. The second kappa shape index (κ2) is 9.42. The molecule has 0 spiro atoms. The molecule has 152 valence electrons. The highest BCUT2D eigenvalue weighted by Gasteiger charge is 2.31. The summed E-state index contributed by atoms with van der Waals surface area (Å²) in [5.41, 5.74) is 0. The second-order valence-electron chi connectivity index (χ2n) is 9.04. The van der Waals surface area contributed by atoms with Crippen LogP contribution in [0.3, 0.4) is 0 Å². The molecule has 0 aromatic rings. The van der Waals surface area contributed by atoms with E-state index < -0.39 is 0 Å². The van der Waals surface area contributed by atoms with E-state index in [-0.39, 0.29) is 0 Å². The van der Waals surface area contributed by atoms with Crippen molar-refractivity contribution in [2.24, 2.45) is 10.9 Å². The summed E-state index contributed by atoms with van der Waals surface area (Å²) < 4.78 is 0. The minimum Gasteiger partial charge on any atom is -0.355 e. The third-order valence-electron chi connectivity index (χ3n) is 7.25. The molecule has 0 amide bonds. The molecular weight excluding hydrogens is 334 g/mol. The molecule has 5 heteroatoms. The summed E-state index contributed by atoms with van der Waals surface area (Å²) in [7, 11) is 1.95. The number of hydrogen-bond acceptors (Lipinski definition) is 3. The summed E-state index contributed by atoms with van der Waals surface area (Å²) in [6.07, 6.45) is 15.9. The van der Waals surface area contributed by atoms with E-state index in [2.05, 4.69) is 37.2 Å². The van der Waals surface area contributed by atoms with E-state index in [4.69, 9.17) is 0 Å². The molecule has 2 unspecified atom stereocenters. The van der Waals surface area contributed by atoms with Crippen molar-refractivity contribution >= 4 is 5.96 Å². The van der Waals surface area contributed by atoms with Crippen molar-refractivity contribution in [1.29, 1.82) is 0 Å². The molecule has 0 aromatic carbocycles. The molecule has 4 rings (SSSR count). The Kier molecular flexibility index (Phi) is 6.72. The van der Waals surface area contributed by atoms with Gasteiger partial charge in [0, 0.05) is 58.4 Å². The van der Waals surface area contributed by atoms with Gasteiger partial charge in [-0.15, -0.1) is 0 Å². The Balaban J connectivity index is 1.24. The molecule has 3 aliphatic heterocycles. The van der Waals surface area contributed by atoms with Crippen molar-refractivity contribution < 1.29 is 0 Å². The van der Waals surface area contributed by atoms with E-state index in [0.717, 1.165) is 44.6 Å². The van der Waals surface area contributed by atoms with Crippen molar-refractivity contribution in [2.75, 3.05) is 52.9 Å². The summed E-state index contributed by atoms with van der Waals surface area (Å²) in [6.45, 7) is 8.21. The first-order valence-electron chi connectivity index (χ1n) is 11.4. The standard InChI is InChI=1S/C22H39N5/c1-23-22(27-15-11-21(18-27)25-12-5-6-13-25)24-16-20-10-7-14-26(20)17-19-8-3-2-4-9-19/h5-6,19-21H,2-4,7-18H2,1H3,(H,23,24). The predicted molar refractivity (Wildman–Crippen MR) is 113 cm³/mol. The Morgan fingerprint density at radius 2 is 1.81 bits per heavy atom. The molecule has 0 aromatic heterocycles. The Labute approximate surface area is 165 Å². The van der Waals surface area contributed by atoms with Crippen LogP contribution < -0.4 is 5.32 Å². The molecule has 2 saturated heterocycles. The van der Waals surface area contributed by atoms with E-state index in [9.17, 15) is 0 Å². The van der Waals surface area contributed by atoms with E-state index >= 15 is 0 Å². The highest BCUT2D eigenvalue weighted by atomic mass is 15.3. The Morgan fingerprint density at radius 1 is 1.00 bits per heavy atom. The smallest absolute Gasteiger partial charge is 0.193 e. The first kappa shape index (κ1) is 19.3. The second-order valence-corrected chi connectivity index (χ2v) is 9.04. The van der Waals surface area contributed by atoms with Gasteiger partial charge in [-0.05, 0) is 44.6 Å². The molecule has 0 radical (unpaired) electrons. The van der Waals surface area contributed by atoms with E-state index in [1.54, 1.807) is 0 Å². The third-order valence-corrected chi connectivity index (χ3v) is 7.25. The highest BCUT2D eigenvalue weighted by Crippen LogP contribution is 2.27. The normalized spacial score (nSPS) is 31.3. The van der Waals surface area contributed by atoms with Gasteiger partial charge in [-0.3, -0.25) is 14.8 Å². The van der Waals surface area contributed by atoms with Crippen LogP contribution in [0.25, 0.3) is 0 Å². The molecule has 1 N–H and O–H groups in total. The number of hydrogen-bond donors (Lipinski definition) is 1. The lowest BCUT2D eigenvalue weighted by atomic mass is 9.89. The third kappa shape index (κ3) is 4.86. The zero-order valence-electron chi connectivity index (χ0n) is 17.3. The van der Waals surface area contributed by atoms with Gasteiger partial charge < -0.3 is 10.2 Å². The summed E-state index contributed by atoms with van der Waals surface area (Å²) in [5.74, 6) is 2.07. The van der Waals surface area contributed by atoms with Crippen molar-refractivity contribution in [3.05, 3.63) is 12.2 Å². The van der Waals surface area contributed by atoms with Gasteiger partial charge in [-0.2, -0.15) is 0 Å². The van der Waals surface area contributed by atoms with Crippen LogP contribution in [-0.2, 0) is 0 Å². The number of nitrogens with zero attached hydrogens (tertiary/aromatic N) is 4. The summed E-state index contributed by atoms with van der Waals surface area (Å²) >= 11 is 0. The van der Waals surface area contributed by atoms with Crippen LogP contribution in [0.1, 0.15) is 51.4 Å². The number of nitrogens with one attached hydrogen (secondary N) is 1.